The number of benzene rings is 1. The van der Waals surface area contributed by atoms with Crippen molar-refractivity contribution < 1.29 is 23.2 Å². The highest BCUT2D eigenvalue weighted by atomic mass is 16.5. The smallest absolute Gasteiger partial charge is 0.281 e. The van der Waals surface area contributed by atoms with Gasteiger partial charge in [-0.15, -0.1) is 0 Å². The molecule has 2 N–H and O–H groups in total. The minimum atomic E-state index is -0.619. The number of nitrogens with zero attached hydrogens (tertiary/aromatic N) is 2. The second kappa shape index (κ2) is 8.82. The fraction of sp³-hybridized carbons (Fsp3) is 0.240. The van der Waals surface area contributed by atoms with E-state index in [9.17, 15) is 9.59 Å². The van der Waals surface area contributed by atoms with Crippen LogP contribution in [0.25, 0.3) is 6.08 Å². The summed E-state index contributed by atoms with van der Waals surface area (Å²) in [7, 11) is 0. The number of allylic oxidation sites excluding steroid dienone is 1. The van der Waals surface area contributed by atoms with Crippen molar-refractivity contribution in [2.24, 2.45) is 16.8 Å². The summed E-state index contributed by atoms with van der Waals surface area (Å²) in [4.78, 5) is 24.9. The second-order valence-corrected chi connectivity index (χ2v) is 8.02. The van der Waals surface area contributed by atoms with E-state index >= 15 is 0 Å². The van der Waals surface area contributed by atoms with E-state index in [2.05, 4.69) is 0 Å². The van der Waals surface area contributed by atoms with Crippen LogP contribution < -0.4 is 10.5 Å². The molecule has 3 heterocycles. The predicted octanol–water partition coefficient (Wildman–Crippen LogP) is 4.17. The van der Waals surface area contributed by atoms with Crippen molar-refractivity contribution in [2.75, 3.05) is 6.61 Å². The van der Waals surface area contributed by atoms with Crippen LogP contribution in [0.4, 0.5) is 0 Å². The second-order valence-electron chi connectivity index (χ2n) is 8.02. The molecule has 5 rings (SSSR count). The zero-order valence-electron chi connectivity index (χ0n) is 17.8. The molecule has 168 valence electrons. The van der Waals surface area contributed by atoms with Gasteiger partial charge in [-0.25, -0.2) is 5.01 Å². The fourth-order valence-electron chi connectivity index (χ4n) is 4.49. The van der Waals surface area contributed by atoms with Crippen LogP contribution in [0.3, 0.4) is 0 Å². The third-order valence-corrected chi connectivity index (χ3v) is 5.96. The standard InChI is InChI=1S/C25H23N3O5/c26-25(30)18-8-1-2-10-20(18)33-15-22(29)28-24(21-11-5-13-32-21)19-9-3-6-16(23(19)27-28)14-17-7-4-12-31-17/h1-2,4-5,7-8,10-14,19,24H,3,6,9,15H2,(H2,26,30)/b16-14-. The Morgan fingerprint density at radius 2 is 1.94 bits per heavy atom. The van der Waals surface area contributed by atoms with Gasteiger partial charge in [0.15, 0.2) is 6.61 Å². The summed E-state index contributed by atoms with van der Waals surface area (Å²) in [6.07, 6.45) is 7.92. The number of hydrogen-bond donors (Lipinski definition) is 1. The quantitative estimate of drug-likeness (QED) is 0.612. The van der Waals surface area contributed by atoms with Crippen LogP contribution in [0.5, 0.6) is 5.75 Å². The highest BCUT2D eigenvalue weighted by Crippen LogP contribution is 2.44. The van der Waals surface area contributed by atoms with E-state index in [1.165, 1.54) is 5.01 Å². The molecule has 33 heavy (non-hydrogen) atoms. The first-order chi connectivity index (χ1) is 16.1. The number of furan rings is 2. The lowest BCUT2D eigenvalue weighted by Gasteiger charge is -2.27. The molecule has 3 aromatic rings. The third kappa shape index (κ3) is 4.07. The highest BCUT2D eigenvalue weighted by Gasteiger charge is 2.45. The van der Waals surface area contributed by atoms with Crippen molar-refractivity contribution in [3.63, 3.8) is 0 Å². The Morgan fingerprint density at radius 3 is 2.70 bits per heavy atom. The summed E-state index contributed by atoms with van der Waals surface area (Å²) in [5.74, 6) is 0.730. The Hall–Kier alpha value is -4.07. The Kier molecular flexibility index (Phi) is 5.56. The van der Waals surface area contributed by atoms with Crippen molar-refractivity contribution in [2.45, 2.75) is 25.3 Å². The number of ether oxygens (including phenoxy) is 1. The third-order valence-electron chi connectivity index (χ3n) is 5.96. The molecular formula is C25H23N3O5. The molecule has 2 unspecified atom stereocenters. The minimum Gasteiger partial charge on any atom is -0.483 e. The maximum Gasteiger partial charge on any atom is 0.281 e. The average molecular weight is 445 g/mol. The number of rotatable bonds is 6. The highest BCUT2D eigenvalue weighted by molar-refractivity contribution is 6.08. The van der Waals surface area contributed by atoms with Gasteiger partial charge >= 0.3 is 0 Å². The first-order valence-electron chi connectivity index (χ1n) is 10.8. The van der Waals surface area contributed by atoms with Crippen LogP contribution in [0, 0.1) is 5.92 Å². The molecule has 8 nitrogen and oxygen atoms in total. The molecule has 0 bridgehead atoms. The molecule has 0 radical (unpaired) electrons. The van der Waals surface area contributed by atoms with Gasteiger partial charge in [0.2, 0.25) is 0 Å². The van der Waals surface area contributed by atoms with Crippen LogP contribution in [-0.2, 0) is 4.79 Å². The summed E-state index contributed by atoms with van der Waals surface area (Å²) in [6, 6.07) is 13.6. The van der Waals surface area contributed by atoms with Gasteiger partial charge in [0.1, 0.15) is 23.3 Å². The van der Waals surface area contributed by atoms with Crippen LogP contribution in [-0.4, -0.2) is 29.1 Å². The van der Waals surface area contributed by atoms with Crippen LogP contribution in [0.1, 0.15) is 47.2 Å². The predicted molar refractivity (Wildman–Crippen MR) is 120 cm³/mol. The van der Waals surface area contributed by atoms with Gasteiger partial charge in [-0.2, -0.15) is 5.10 Å². The first-order valence-corrected chi connectivity index (χ1v) is 10.8. The lowest BCUT2D eigenvalue weighted by Crippen LogP contribution is -2.34. The van der Waals surface area contributed by atoms with Gasteiger partial charge in [0, 0.05) is 5.92 Å². The number of carbonyl (C=O) groups is 2. The number of hydrogen-bond acceptors (Lipinski definition) is 6. The molecule has 1 fully saturated rings. The van der Waals surface area contributed by atoms with Crippen molar-refractivity contribution in [3.8, 4) is 5.75 Å². The van der Waals surface area contributed by atoms with E-state index in [0.717, 1.165) is 36.3 Å². The molecule has 1 aliphatic heterocycles. The van der Waals surface area contributed by atoms with Gasteiger partial charge in [-0.3, -0.25) is 9.59 Å². The molecule has 2 aromatic heterocycles. The monoisotopic (exact) mass is 445 g/mol. The summed E-state index contributed by atoms with van der Waals surface area (Å²) in [6.45, 7) is -0.289. The van der Waals surface area contributed by atoms with Crippen molar-refractivity contribution in [1.82, 2.24) is 5.01 Å². The van der Waals surface area contributed by atoms with E-state index in [-0.39, 0.29) is 35.8 Å². The Morgan fingerprint density at radius 1 is 1.12 bits per heavy atom. The number of nitrogens with two attached hydrogens (primary N) is 1. The Balaban J connectivity index is 1.43. The maximum atomic E-state index is 13.3. The Labute approximate surface area is 190 Å². The lowest BCUT2D eigenvalue weighted by molar-refractivity contribution is -0.136. The number of amides is 2. The number of hydrazone groups is 1. The van der Waals surface area contributed by atoms with Crippen LogP contribution in [0.15, 0.2) is 80.6 Å². The summed E-state index contributed by atoms with van der Waals surface area (Å²) in [5, 5.41) is 6.19. The van der Waals surface area contributed by atoms with E-state index in [0.29, 0.717) is 5.76 Å². The van der Waals surface area contributed by atoms with Gasteiger partial charge in [0.05, 0.1) is 23.8 Å². The average Bonchev–Trinajstić information content (AvgIpc) is 3.58. The van der Waals surface area contributed by atoms with Gasteiger partial charge < -0.3 is 19.3 Å². The first kappa shape index (κ1) is 20.8. The zero-order valence-corrected chi connectivity index (χ0v) is 17.8. The molecule has 2 aliphatic rings. The van der Waals surface area contributed by atoms with E-state index in [1.807, 2.05) is 24.3 Å². The SMILES string of the molecule is NC(=O)c1ccccc1OCC(=O)N1N=C2/C(=C\c3ccco3)CCCC2C1c1ccco1. The molecule has 1 aliphatic carbocycles. The topological polar surface area (TPSA) is 111 Å². The number of carbonyl (C=O) groups excluding carboxylic acids is 2. The zero-order chi connectivity index (χ0) is 22.8. The summed E-state index contributed by atoms with van der Waals surface area (Å²) >= 11 is 0. The molecule has 2 atom stereocenters. The molecule has 0 saturated heterocycles. The number of fused-ring (bicyclic) bond motifs is 1. The summed E-state index contributed by atoms with van der Waals surface area (Å²) < 4.78 is 16.9. The number of primary amides is 1. The fourth-order valence-corrected chi connectivity index (χ4v) is 4.49. The maximum absolute atomic E-state index is 13.3. The molecule has 2 amide bonds. The van der Waals surface area contributed by atoms with Crippen molar-refractivity contribution >= 4 is 23.6 Å². The van der Waals surface area contributed by atoms with Crippen LogP contribution in [0.2, 0.25) is 0 Å². The van der Waals surface area contributed by atoms with E-state index in [1.54, 1.807) is 42.9 Å². The van der Waals surface area contributed by atoms with Crippen molar-refractivity contribution in [1.29, 1.82) is 0 Å². The molecule has 0 spiro atoms. The minimum absolute atomic E-state index is 0.00738. The van der Waals surface area contributed by atoms with E-state index < -0.39 is 5.91 Å². The van der Waals surface area contributed by atoms with Gasteiger partial charge in [-0.05, 0) is 67.3 Å². The summed E-state index contributed by atoms with van der Waals surface area (Å²) in [5.41, 5.74) is 7.55. The number of para-hydroxylation sites is 1. The molecule has 1 aromatic carbocycles. The molecular weight excluding hydrogens is 422 g/mol. The normalized spacial score (nSPS) is 21.0. The van der Waals surface area contributed by atoms with Gasteiger partial charge in [0.25, 0.3) is 11.8 Å². The van der Waals surface area contributed by atoms with Crippen LogP contribution >= 0.6 is 0 Å². The Bertz CT molecular complexity index is 1210. The molecule has 8 heteroatoms. The molecule has 1 saturated carbocycles. The largest absolute Gasteiger partial charge is 0.483 e. The van der Waals surface area contributed by atoms with E-state index in [4.69, 9.17) is 24.4 Å². The van der Waals surface area contributed by atoms with Crippen molar-refractivity contribution in [3.05, 3.63) is 83.7 Å². The van der Waals surface area contributed by atoms with Gasteiger partial charge in [-0.1, -0.05) is 12.1 Å². The lowest BCUT2D eigenvalue weighted by atomic mass is 9.79.